The molecule has 29 heavy (non-hydrogen) atoms. The zero-order valence-electron chi connectivity index (χ0n) is 15.8. The lowest BCUT2D eigenvalue weighted by molar-refractivity contribution is -0.305. The van der Waals surface area contributed by atoms with Gasteiger partial charge in [0.2, 0.25) is 11.8 Å². The molecule has 1 atom stereocenters. The molecule has 7 heteroatoms. The van der Waals surface area contributed by atoms with Crippen LogP contribution in [0.25, 0.3) is 0 Å². The number of carboxylic acids is 1. The van der Waals surface area contributed by atoms with Gasteiger partial charge in [-0.25, -0.2) is 4.90 Å². The van der Waals surface area contributed by atoms with E-state index in [1.165, 1.54) is 4.90 Å². The topological polar surface area (TPSA) is 97.8 Å². The summed E-state index contributed by atoms with van der Waals surface area (Å²) in [5, 5.41) is 10.8. The van der Waals surface area contributed by atoms with E-state index in [4.69, 9.17) is 0 Å². The first-order valence-corrected chi connectivity index (χ1v) is 9.42. The fourth-order valence-electron chi connectivity index (χ4n) is 3.41. The maximum absolute atomic E-state index is 13.0. The molecule has 0 aromatic heterocycles. The summed E-state index contributed by atoms with van der Waals surface area (Å²) in [6.07, 6.45) is -0.348. The first kappa shape index (κ1) is 20.3. The molecule has 150 valence electrons. The van der Waals surface area contributed by atoms with Crippen molar-refractivity contribution >= 4 is 29.4 Å². The summed E-state index contributed by atoms with van der Waals surface area (Å²) in [5.74, 6) is -2.67. The summed E-state index contributed by atoms with van der Waals surface area (Å²) in [6.45, 7) is 0.211. The zero-order chi connectivity index (χ0) is 20.8. The summed E-state index contributed by atoms with van der Waals surface area (Å²) < 4.78 is 0. The second-order valence-electron chi connectivity index (χ2n) is 6.82. The lowest BCUT2D eigenvalue weighted by Gasteiger charge is -2.28. The number of para-hydroxylation sites is 1. The maximum Gasteiger partial charge on any atom is 0.257 e. The zero-order valence-corrected chi connectivity index (χ0v) is 15.8. The van der Waals surface area contributed by atoms with Crippen LogP contribution in [0.5, 0.6) is 0 Å². The molecule has 1 saturated heterocycles. The first-order valence-electron chi connectivity index (χ1n) is 9.42. The van der Waals surface area contributed by atoms with Crippen molar-refractivity contribution in [3.63, 3.8) is 0 Å². The number of carbonyl (C=O) groups is 4. The third-order valence-electron chi connectivity index (χ3n) is 4.86. The fourth-order valence-corrected chi connectivity index (χ4v) is 3.41. The highest BCUT2D eigenvalue weighted by molar-refractivity contribution is 6.23. The van der Waals surface area contributed by atoms with Crippen LogP contribution in [0.4, 0.5) is 5.69 Å². The van der Waals surface area contributed by atoms with E-state index in [0.29, 0.717) is 12.1 Å². The Labute approximate surface area is 168 Å². The van der Waals surface area contributed by atoms with Gasteiger partial charge in [0.25, 0.3) is 5.91 Å². The number of rotatable bonds is 8. The number of aliphatic carboxylic acids is 1. The summed E-state index contributed by atoms with van der Waals surface area (Å²) in [5.41, 5.74) is 1.43. The van der Waals surface area contributed by atoms with E-state index in [9.17, 15) is 24.3 Å². The molecule has 0 saturated carbocycles. The highest BCUT2D eigenvalue weighted by Gasteiger charge is 2.44. The lowest BCUT2D eigenvalue weighted by Crippen LogP contribution is -2.46. The average Bonchev–Trinajstić information content (AvgIpc) is 3.02. The van der Waals surface area contributed by atoms with Crippen LogP contribution in [-0.2, 0) is 25.6 Å². The molecule has 2 aromatic carbocycles. The lowest BCUT2D eigenvalue weighted by atomic mass is 10.1. The van der Waals surface area contributed by atoms with E-state index < -0.39 is 30.2 Å². The molecule has 0 spiro atoms. The van der Waals surface area contributed by atoms with E-state index in [1.807, 2.05) is 30.3 Å². The molecule has 7 nitrogen and oxygen atoms in total. The Bertz CT molecular complexity index is 898. The first-order chi connectivity index (χ1) is 14.0. The largest absolute Gasteiger partial charge is 0.550 e. The summed E-state index contributed by atoms with van der Waals surface area (Å²) in [6, 6.07) is 17.0. The van der Waals surface area contributed by atoms with Crippen LogP contribution in [0.1, 0.15) is 24.8 Å². The molecular formula is C22H21N2O5-. The molecule has 0 bridgehead atoms. The van der Waals surface area contributed by atoms with Gasteiger partial charge in [-0.2, -0.15) is 0 Å². The van der Waals surface area contributed by atoms with Crippen molar-refractivity contribution in [1.82, 2.24) is 4.90 Å². The fraction of sp³-hybridized carbons (Fsp3) is 0.273. The number of nitrogens with zero attached hydrogens (tertiary/aromatic N) is 2. The molecular weight excluding hydrogens is 372 g/mol. The molecule has 1 fully saturated rings. The van der Waals surface area contributed by atoms with Crippen molar-refractivity contribution in [3.05, 3.63) is 66.2 Å². The smallest absolute Gasteiger partial charge is 0.257 e. The predicted octanol–water partition coefficient (Wildman–Crippen LogP) is 0.920. The van der Waals surface area contributed by atoms with Gasteiger partial charge in [-0.15, -0.1) is 0 Å². The Morgan fingerprint density at radius 2 is 1.59 bits per heavy atom. The average molecular weight is 393 g/mol. The van der Waals surface area contributed by atoms with Crippen LogP contribution in [0.15, 0.2) is 60.7 Å². The van der Waals surface area contributed by atoms with Gasteiger partial charge in [-0.05, 0) is 30.5 Å². The molecule has 0 radical (unpaired) electrons. The Balaban J connectivity index is 1.80. The number of carbonyl (C=O) groups excluding carboxylic acids is 4. The minimum absolute atomic E-state index is 0.125. The van der Waals surface area contributed by atoms with Gasteiger partial charge in [-0.1, -0.05) is 48.5 Å². The van der Waals surface area contributed by atoms with Crippen molar-refractivity contribution in [1.29, 1.82) is 0 Å². The van der Waals surface area contributed by atoms with Crippen molar-refractivity contribution in [3.8, 4) is 0 Å². The monoisotopic (exact) mass is 393 g/mol. The van der Waals surface area contributed by atoms with Gasteiger partial charge in [0.1, 0.15) is 6.04 Å². The summed E-state index contributed by atoms with van der Waals surface area (Å²) >= 11 is 0. The standard InChI is InChI=1S/C22H22N2O5/c25-19(11-12-21(27)28)23(14-13-16-7-3-1-4-8-16)18-15-20(26)24(22(18)29)17-9-5-2-6-10-17/h1-10,18H,11-15H2,(H,27,28)/p-1/t18-/m0/s1. The highest BCUT2D eigenvalue weighted by atomic mass is 16.4. The van der Waals surface area contributed by atoms with E-state index >= 15 is 0 Å². The highest BCUT2D eigenvalue weighted by Crippen LogP contribution is 2.26. The number of hydrogen-bond donors (Lipinski definition) is 0. The second-order valence-corrected chi connectivity index (χ2v) is 6.82. The molecule has 0 N–H and O–H groups in total. The molecule has 1 aliphatic heterocycles. The van der Waals surface area contributed by atoms with Crippen LogP contribution >= 0.6 is 0 Å². The van der Waals surface area contributed by atoms with Crippen LogP contribution in [-0.4, -0.2) is 41.2 Å². The molecule has 3 rings (SSSR count). The van der Waals surface area contributed by atoms with Crippen molar-refractivity contribution < 1.29 is 24.3 Å². The number of amides is 3. The van der Waals surface area contributed by atoms with Gasteiger partial charge in [0.05, 0.1) is 12.1 Å². The molecule has 3 amide bonds. The van der Waals surface area contributed by atoms with Gasteiger partial charge >= 0.3 is 0 Å². The molecule has 0 aliphatic carbocycles. The van der Waals surface area contributed by atoms with Gasteiger partial charge in [0, 0.05) is 18.9 Å². The Morgan fingerprint density at radius 3 is 2.21 bits per heavy atom. The summed E-state index contributed by atoms with van der Waals surface area (Å²) in [7, 11) is 0. The normalized spacial score (nSPS) is 16.1. The predicted molar refractivity (Wildman–Crippen MR) is 103 cm³/mol. The van der Waals surface area contributed by atoms with E-state index in [-0.39, 0.29) is 25.3 Å². The third-order valence-corrected chi connectivity index (χ3v) is 4.86. The Morgan fingerprint density at radius 1 is 0.966 bits per heavy atom. The van der Waals surface area contributed by atoms with Crippen LogP contribution in [0.3, 0.4) is 0 Å². The SMILES string of the molecule is O=C([O-])CCC(=O)N(CCc1ccccc1)[C@H]1CC(=O)N(c2ccccc2)C1=O. The minimum Gasteiger partial charge on any atom is -0.550 e. The number of carboxylic acid groups (broad SMARTS) is 1. The van der Waals surface area contributed by atoms with Crippen molar-refractivity contribution in [2.24, 2.45) is 0 Å². The number of imide groups is 1. The van der Waals surface area contributed by atoms with E-state index in [1.54, 1.807) is 30.3 Å². The van der Waals surface area contributed by atoms with Gasteiger partial charge < -0.3 is 14.8 Å². The van der Waals surface area contributed by atoms with Gasteiger partial charge in [0.15, 0.2) is 0 Å². The second kappa shape index (κ2) is 9.14. The van der Waals surface area contributed by atoms with Gasteiger partial charge in [-0.3, -0.25) is 14.4 Å². The molecule has 1 aliphatic rings. The third kappa shape index (κ3) is 4.87. The molecule has 1 heterocycles. The van der Waals surface area contributed by atoms with E-state index in [2.05, 4.69) is 0 Å². The number of benzene rings is 2. The minimum atomic E-state index is -1.33. The molecule has 0 unspecified atom stereocenters. The Kier molecular flexibility index (Phi) is 6.39. The van der Waals surface area contributed by atoms with Crippen molar-refractivity contribution in [2.45, 2.75) is 31.7 Å². The molecule has 2 aromatic rings. The summed E-state index contributed by atoms with van der Waals surface area (Å²) in [4.78, 5) is 51.4. The maximum atomic E-state index is 13.0. The van der Waals surface area contributed by atoms with Crippen LogP contribution in [0.2, 0.25) is 0 Å². The van der Waals surface area contributed by atoms with Crippen LogP contribution in [0, 0.1) is 0 Å². The number of anilines is 1. The quantitative estimate of drug-likeness (QED) is 0.621. The Hall–Kier alpha value is -3.48. The number of hydrogen-bond acceptors (Lipinski definition) is 5. The van der Waals surface area contributed by atoms with E-state index in [0.717, 1.165) is 10.5 Å². The van der Waals surface area contributed by atoms with Crippen LogP contribution < -0.4 is 10.0 Å². The van der Waals surface area contributed by atoms with Crippen molar-refractivity contribution in [2.75, 3.05) is 11.4 Å².